The molecule has 0 fully saturated rings. The number of ether oxygens (including phenoxy) is 1. The van der Waals surface area contributed by atoms with Crippen LogP contribution < -0.4 is 10.6 Å². The molecule has 3 rings (SSSR count). The lowest BCUT2D eigenvalue weighted by Gasteiger charge is -2.09. The van der Waals surface area contributed by atoms with Crippen LogP contribution in [-0.4, -0.2) is 29.0 Å². The number of carbonyl (C=O) groups excluding carboxylic acids is 2. The second-order valence-electron chi connectivity index (χ2n) is 5.53. The summed E-state index contributed by atoms with van der Waals surface area (Å²) in [4.78, 5) is 31.5. The molecule has 0 saturated heterocycles. The molecule has 0 aliphatic heterocycles. The number of hydrogen-bond donors (Lipinski definition) is 2. The molecule has 0 atom stereocenters. The highest BCUT2D eigenvalue weighted by atomic mass is 19.1. The zero-order valence-electron chi connectivity index (χ0n) is 14.6. The molecule has 142 valence electrons. The van der Waals surface area contributed by atoms with Crippen molar-refractivity contribution < 1.29 is 23.1 Å². The molecule has 1 aromatic heterocycles. The highest BCUT2D eigenvalue weighted by Crippen LogP contribution is 2.20. The summed E-state index contributed by atoms with van der Waals surface area (Å²) in [5.41, 5.74) is 0.325. The van der Waals surface area contributed by atoms with E-state index in [-0.39, 0.29) is 11.5 Å². The molecular weight excluding hydrogens is 370 g/mol. The second-order valence-corrected chi connectivity index (χ2v) is 5.53. The average molecular weight is 384 g/mol. The molecule has 9 heteroatoms. The maximum Gasteiger partial charge on any atom is 0.337 e. The Balaban J connectivity index is 1.75. The molecule has 0 bridgehead atoms. The van der Waals surface area contributed by atoms with Crippen molar-refractivity contribution in [2.45, 2.75) is 0 Å². The van der Waals surface area contributed by atoms with Gasteiger partial charge in [-0.3, -0.25) is 4.79 Å². The lowest BCUT2D eigenvalue weighted by Crippen LogP contribution is -2.16. The van der Waals surface area contributed by atoms with E-state index in [4.69, 9.17) is 0 Å². The van der Waals surface area contributed by atoms with E-state index >= 15 is 0 Å². The van der Waals surface area contributed by atoms with Gasteiger partial charge in [0, 0.05) is 11.8 Å². The van der Waals surface area contributed by atoms with Gasteiger partial charge in [-0.05, 0) is 36.4 Å². The van der Waals surface area contributed by atoms with Crippen LogP contribution >= 0.6 is 0 Å². The molecule has 0 radical (unpaired) electrons. The van der Waals surface area contributed by atoms with E-state index in [1.807, 2.05) is 0 Å². The number of amides is 1. The van der Waals surface area contributed by atoms with Crippen LogP contribution in [0.2, 0.25) is 0 Å². The number of methoxy groups -OCH3 is 1. The molecule has 1 amide bonds. The molecule has 0 unspecified atom stereocenters. The molecule has 28 heavy (non-hydrogen) atoms. The van der Waals surface area contributed by atoms with Crippen molar-refractivity contribution in [1.82, 2.24) is 9.97 Å². The number of carbonyl (C=O) groups is 2. The first-order chi connectivity index (χ1) is 13.5. The minimum absolute atomic E-state index is 0.0914. The Bertz CT molecular complexity index is 1010. The van der Waals surface area contributed by atoms with Crippen molar-refractivity contribution in [3.8, 4) is 0 Å². The van der Waals surface area contributed by atoms with Gasteiger partial charge in [-0.2, -0.15) is 0 Å². The molecule has 0 aliphatic carbocycles. The van der Waals surface area contributed by atoms with Crippen molar-refractivity contribution in [1.29, 1.82) is 0 Å². The number of nitrogens with zero attached hydrogens (tertiary/aromatic N) is 2. The third-order valence-corrected chi connectivity index (χ3v) is 3.68. The predicted octanol–water partition coefficient (Wildman–Crippen LogP) is 3.54. The maximum atomic E-state index is 13.7. The monoisotopic (exact) mass is 384 g/mol. The summed E-state index contributed by atoms with van der Waals surface area (Å²) in [6, 6.07) is 11.0. The van der Waals surface area contributed by atoms with Gasteiger partial charge >= 0.3 is 5.97 Å². The number of halogens is 2. The van der Waals surface area contributed by atoms with Gasteiger partial charge in [0.25, 0.3) is 5.91 Å². The summed E-state index contributed by atoms with van der Waals surface area (Å²) in [7, 11) is 1.29. The van der Waals surface area contributed by atoms with E-state index in [1.54, 1.807) is 24.3 Å². The first-order valence-electron chi connectivity index (χ1n) is 8.00. The molecular formula is C19H14F2N4O3. The first-order valence-corrected chi connectivity index (χ1v) is 8.00. The summed E-state index contributed by atoms with van der Waals surface area (Å²) in [6.45, 7) is 0. The fourth-order valence-corrected chi connectivity index (χ4v) is 2.30. The van der Waals surface area contributed by atoms with Gasteiger partial charge in [-0.15, -0.1) is 0 Å². The molecule has 0 saturated carbocycles. The van der Waals surface area contributed by atoms with Crippen molar-refractivity contribution in [2.24, 2.45) is 0 Å². The van der Waals surface area contributed by atoms with E-state index in [1.165, 1.54) is 19.2 Å². The van der Waals surface area contributed by atoms with Crippen LogP contribution in [0.3, 0.4) is 0 Å². The SMILES string of the molecule is COC(=O)c1ccc(Nc2cc(C(=O)Nc3c(F)cccc3F)ncn2)cc1. The largest absolute Gasteiger partial charge is 0.465 e. The quantitative estimate of drug-likeness (QED) is 0.654. The van der Waals surface area contributed by atoms with Gasteiger partial charge < -0.3 is 15.4 Å². The minimum Gasteiger partial charge on any atom is -0.465 e. The number of nitrogens with one attached hydrogen (secondary N) is 2. The number of benzene rings is 2. The number of esters is 1. The van der Waals surface area contributed by atoms with Crippen LogP contribution in [-0.2, 0) is 4.74 Å². The van der Waals surface area contributed by atoms with Gasteiger partial charge in [0.2, 0.25) is 0 Å². The number of aromatic nitrogens is 2. The molecule has 2 aromatic carbocycles. The zero-order valence-corrected chi connectivity index (χ0v) is 14.6. The number of rotatable bonds is 5. The Labute approximate surface area is 158 Å². The normalized spacial score (nSPS) is 10.2. The van der Waals surface area contributed by atoms with Crippen LogP contribution in [0.5, 0.6) is 0 Å². The van der Waals surface area contributed by atoms with E-state index in [0.29, 0.717) is 11.3 Å². The Morgan fingerprint density at radius 1 is 1.00 bits per heavy atom. The Morgan fingerprint density at radius 2 is 1.68 bits per heavy atom. The van der Waals surface area contributed by atoms with Crippen molar-refractivity contribution in [3.05, 3.63) is 77.8 Å². The highest BCUT2D eigenvalue weighted by Gasteiger charge is 2.15. The number of anilines is 3. The van der Waals surface area contributed by atoms with Crippen molar-refractivity contribution >= 4 is 29.1 Å². The van der Waals surface area contributed by atoms with Gasteiger partial charge in [0.15, 0.2) is 0 Å². The molecule has 2 N–H and O–H groups in total. The Kier molecular flexibility index (Phi) is 5.54. The van der Waals surface area contributed by atoms with Gasteiger partial charge in [-0.1, -0.05) is 6.07 Å². The second kappa shape index (κ2) is 8.21. The summed E-state index contributed by atoms with van der Waals surface area (Å²) >= 11 is 0. The molecule has 0 spiro atoms. The van der Waals surface area contributed by atoms with Gasteiger partial charge in [0.05, 0.1) is 12.7 Å². The lowest BCUT2D eigenvalue weighted by molar-refractivity contribution is 0.0600. The molecule has 0 aliphatic rings. The van der Waals surface area contributed by atoms with Crippen LogP contribution in [0, 0.1) is 11.6 Å². The fraction of sp³-hybridized carbons (Fsp3) is 0.0526. The van der Waals surface area contributed by atoms with E-state index in [0.717, 1.165) is 18.5 Å². The lowest BCUT2D eigenvalue weighted by atomic mass is 10.2. The first kappa shape index (κ1) is 18.9. The van der Waals surface area contributed by atoms with Crippen LogP contribution in [0.15, 0.2) is 54.9 Å². The summed E-state index contributed by atoms with van der Waals surface area (Å²) < 4.78 is 32.0. The standard InChI is InChI=1S/C19H14F2N4O3/c1-28-19(27)11-5-7-12(8-6-11)24-16-9-15(22-10-23-16)18(26)25-17-13(20)3-2-4-14(17)21/h2-10H,1H3,(H,25,26)(H,22,23,24). The third-order valence-electron chi connectivity index (χ3n) is 3.68. The Hall–Kier alpha value is -3.88. The third kappa shape index (κ3) is 4.26. The minimum atomic E-state index is -0.897. The van der Waals surface area contributed by atoms with E-state index < -0.39 is 29.2 Å². The topological polar surface area (TPSA) is 93.2 Å². The summed E-state index contributed by atoms with van der Waals surface area (Å²) in [6.07, 6.45) is 1.14. The van der Waals surface area contributed by atoms with Crippen molar-refractivity contribution in [3.63, 3.8) is 0 Å². The molecule has 7 nitrogen and oxygen atoms in total. The average Bonchev–Trinajstić information content (AvgIpc) is 2.71. The van der Waals surface area contributed by atoms with Gasteiger partial charge in [0.1, 0.15) is 35.2 Å². The highest BCUT2D eigenvalue weighted by molar-refractivity contribution is 6.03. The van der Waals surface area contributed by atoms with Gasteiger partial charge in [-0.25, -0.2) is 23.5 Å². The van der Waals surface area contributed by atoms with Crippen LogP contribution in [0.4, 0.5) is 26.0 Å². The number of hydrogen-bond acceptors (Lipinski definition) is 6. The molecule has 1 heterocycles. The fourth-order valence-electron chi connectivity index (χ4n) is 2.30. The van der Waals surface area contributed by atoms with E-state index in [2.05, 4.69) is 25.3 Å². The Morgan fingerprint density at radius 3 is 2.32 bits per heavy atom. The number of para-hydroxylation sites is 1. The van der Waals surface area contributed by atoms with Crippen LogP contribution in [0.1, 0.15) is 20.8 Å². The van der Waals surface area contributed by atoms with Crippen molar-refractivity contribution in [2.75, 3.05) is 17.7 Å². The summed E-state index contributed by atoms with van der Waals surface area (Å²) in [5, 5.41) is 5.09. The molecule has 3 aromatic rings. The maximum absolute atomic E-state index is 13.7. The van der Waals surface area contributed by atoms with Crippen LogP contribution in [0.25, 0.3) is 0 Å². The predicted molar refractivity (Wildman–Crippen MR) is 97.4 cm³/mol. The smallest absolute Gasteiger partial charge is 0.337 e. The van der Waals surface area contributed by atoms with E-state index in [9.17, 15) is 18.4 Å². The summed E-state index contributed by atoms with van der Waals surface area (Å²) in [5.74, 6) is -2.78. The zero-order chi connectivity index (χ0) is 20.1.